The number of fused-ring (bicyclic) bond motifs is 4. The van der Waals surface area contributed by atoms with E-state index in [0.29, 0.717) is 10.6 Å². The zero-order valence-corrected chi connectivity index (χ0v) is 11.8. The van der Waals surface area contributed by atoms with Gasteiger partial charge in [-0.3, -0.25) is 4.79 Å². The SMILES string of the molecule is O=C1C(Cl)=C2Sc3cccnc3NC2c2ccccc21. The highest BCUT2D eigenvalue weighted by Gasteiger charge is 2.36. The van der Waals surface area contributed by atoms with Crippen molar-refractivity contribution in [3.8, 4) is 0 Å². The topological polar surface area (TPSA) is 42.0 Å². The first-order valence-corrected chi connectivity index (χ1v) is 7.38. The first-order chi connectivity index (χ1) is 9.75. The smallest absolute Gasteiger partial charge is 0.205 e. The van der Waals surface area contributed by atoms with Gasteiger partial charge in [-0.2, -0.15) is 0 Å². The number of pyridine rings is 1. The van der Waals surface area contributed by atoms with E-state index >= 15 is 0 Å². The van der Waals surface area contributed by atoms with E-state index in [1.165, 1.54) is 11.8 Å². The number of nitrogens with one attached hydrogen (secondary N) is 1. The van der Waals surface area contributed by atoms with E-state index in [0.717, 1.165) is 21.2 Å². The molecule has 4 rings (SSSR count). The molecule has 2 heterocycles. The number of hydrogen-bond acceptors (Lipinski definition) is 4. The maximum absolute atomic E-state index is 12.3. The monoisotopic (exact) mass is 300 g/mol. The van der Waals surface area contributed by atoms with E-state index in [-0.39, 0.29) is 11.8 Å². The van der Waals surface area contributed by atoms with Gasteiger partial charge in [-0.15, -0.1) is 0 Å². The first kappa shape index (κ1) is 12.0. The van der Waals surface area contributed by atoms with E-state index in [9.17, 15) is 4.79 Å². The molecule has 0 saturated heterocycles. The summed E-state index contributed by atoms with van der Waals surface area (Å²) in [4.78, 5) is 18.5. The molecule has 20 heavy (non-hydrogen) atoms. The van der Waals surface area contributed by atoms with Crippen molar-refractivity contribution in [3.05, 3.63) is 63.7 Å². The fourth-order valence-electron chi connectivity index (χ4n) is 2.54. The highest BCUT2D eigenvalue weighted by molar-refractivity contribution is 8.03. The maximum atomic E-state index is 12.3. The van der Waals surface area contributed by atoms with Crippen molar-refractivity contribution in [2.45, 2.75) is 10.9 Å². The van der Waals surface area contributed by atoms with Crippen LogP contribution in [-0.2, 0) is 0 Å². The van der Waals surface area contributed by atoms with Gasteiger partial charge in [-0.25, -0.2) is 4.98 Å². The Labute approximate surface area is 125 Å². The number of aromatic nitrogens is 1. The second-order valence-corrected chi connectivity index (χ2v) is 6.09. The van der Waals surface area contributed by atoms with E-state index in [1.807, 2.05) is 36.4 Å². The number of benzene rings is 1. The van der Waals surface area contributed by atoms with Crippen LogP contribution < -0.4 is 5.32 Å². The lowest BCUT2D eigenvalue weighted by Gasteiger charge is -2.33. The Morgan fingerprint density at radius 3 is 2.95 bits per heavy atom. The van der Waals surface area contributed by atoms with Gasteiger partial charge in [-0.1, -0.05) is 47.6 Å². The Bertz CT molecular complexity index is 772. The normalized spacial score (nSPS) is 19.9. The summed E-state index contributed by atoms with van der Waals surface area (Å²) in [6, 6.07) is 11.3. The van der Waals surface area contributed by atoms with Gasteiger partial charge in [0.1, 0.15) is 10.9 Å². The Hall–Kier alpha value is -1.78. The van der Waals surface area contributed by atoms with Crippen LogP contribution in [0, 0.1) is 0 Å². The molecule has 1 aromatic heterocycles. The van der Waals surface area contributed by atoms with E-state index < -0.39 is 0 Å². The average molecular weight is 301 g/mol. The highest BCUT2D eigenvalue weighted by Crippen LogP contribution is 2.50. The van der Waals surface area contributed by atoms with Crippen molar-refractivity contribution in [2.75, 3.05) is 5.32 Å². The number of halogens is 1. The third-order valence-corrected chi connectivity index (χ3v) is 5.16. The lowest BCUT2D eigenvalue weighted by Crippen LogP contribution is -2.25. The summed E-state index contributed by atoms with van der Waals surface area (Å²) in [5, 5.41) is 3.69. The van der Waals surface area contributed by atoms with Gasteiger partial charge in [0.05, 0.1) is 10.9 Å². The van der Waals surface area contributed by atoms with E-state index in [2.05, 4.69) is 10.3 Å². The van der Waals surface area contributed by atoms with Gasteiger partial charge in [0.15, 0.2) is 0 Å². The quantitative estimate of drug-likeness (QED) is 0.799. The molecule has 98 valence electrons. The second-order valence-electron chi connectivity index (χ2n) is 4.62. The maximum Gasteiger partial charge on any atom is 0.205 e. The number of ketones is 1. The van der Waals surface area contributed by atoms with Gasteiger partial charge in [0.25, 0.3) is 0 Å². The molecule has 0 saturated carbocycles. The van der Waals surface area contributed by atoms with Crippen LogP contribution in [0.3, 0.4) is 0 Å². The molecular weight excluding hydrogens is 292 g/mol. The Balaban J connectivity index is 1.93. The number of hydrogen-bond donors (Lipinski definition) is 1. The molecule has 0 spiro atoms. The third-order valence-electron chi connectivity index (χ3n) is 3.47. The average Bonchev–Trinajstić information content (AvgIpc) is 2.51. The fraction of sp³-hybridized carbons (Fsp3) is 0.0667. The molecule has 0 bridgehead atoms. The van der Waals surface area contributed by atoms with Gasteiger partial charge >= 0.3 is 0 Å². The molecule has 1 unspecified atom stereocenters. The summed E-state index contributed by atoms with van der Waals surface area (Å²) in [6.07, 6.45) is 1.75. The standard InChI is InChI=1S/C15H9ClN2OS/c16-11-13(19)9-5-2-1-4-8(9)12-14(11)20-10-6-3-7-17-15(10)18-12/h1-7,12H,(H,17,18). The number of carbonyl (C=O) groups is 1. The lowest BCUT2D eigenvalue weighted by molar-refractivity contribution is 0.103. The Kier molecular flexibility index (Phi) is 2.62. The zero-order valence-electron chi connectivity index (χ0n) is 10.3. The first-order valence-electron chi connectivity index (χ1n) is 6.18. The van der Waals surface area contributed by atoms with Crippen LogP contribution in [0.15, 0.2) is 57.4 Å². The largest absolute Gasteiger partial charge is 0.358 e. The molecule has 5 heteroatoms. The number of carbonyl (C=O) groups excluding carboxylic acids is 1. The minimum atomic E-state index is -0.102. The molecule has 0 radical (unpaired) electrons. The summed E-state index contributed by atoms with van der Waals surface area (Å²) in [5.41, 5.74) is 1.62. The molecule has 0 amide bonds. The van der Waals surface area contributed by atoms with Crippen molar-refractivity contribution >= 4 is 35.0 Å². The molecule has 1 atom stereocenters. The van der Waals surface area contributed by atoms with E-state index in [4.69, 9.17) is 11.6 Å². The van der Waals surface area contributed by atoms with Crippen molar-refractivity contribution < 1.29 is 4.79 Å². The molecule has 2 aliphatic rings. The van der Waals surface area contributed by atoms with Crippen molar-refractivity contribution in [2.24, 2.45) is 0 Å². The summed E-state index contributed by atoms with van der Waals surface area (Å²) in [5.74, 6) is 0.732. The zero-order chi connectivity index (χ0) is 13.7. The van der Waals surface area contributed by atoms with Crippen LogP contribution in [0.4, 0.5) is 5.82 Å². The summed E-state index contributed by atoms with van der Waals surface area (Å²) in [6.45, 7) is 0. The molecule has 1 aliphatic carbocycles. The fourth-order valence-corrected chi connectivity index (χ4v) is 3.94. The van der Waals surface area contributed by atoms with Crippen LogP contribution in [0.5, 0.6) is 0 Å². The molecule has 1 N–H and O–H groups in total. The number of Topliss-reactive ketones (excluding diaryl/α,β-unsaturated/α-hetero) is 1. The molecule has 3 nitrogen and oxygen atoms in total. The predicted molar refractivity (Wildman–Crippen MR) is 80.1 cm³/mol. The van der Waals surface area contributed by atoms with Crippen LogP contribution in [0.1, 0.15) is 22.0 Å². The third kappa shape index (κ3) is 1.62. The molecule has 1 aliphatic heterocycles. The van der Waals surface area contributed by atoms with Crippen LogP contribution in [-0.4, -0.2) is 10.8 Å². The molecule has 0 fully saturated rings. The number of thioether (sulfide) groups is 1. The summed E-state index contributed by atoms with van der Waals surface area (Å²) >= 11 is 7.80. The minimum Gasteiger partial charge on any atom is -0.358 e. The van der Waals surface area contributed by atoms with Gasteiger partial charge in [-0.05, 0) is 17.7 Å². The molecule has 2 aromatic rings. The van der Waals surface area contributed by atoms with Crippen molar-refractivity contribution in [3.63, 3.8) is 0 Å². The van der Waals surface area contributed by atoms with E-state index in [1.54, 1.807) is 6.20 Å². The van der Waals surface area contributed by atoms with Gasteiger partial charge in [0, 0.05) is 16.7 Å². The number of rotatable bonds is 0. The van der Waals surface area contributed by atoms with Crippen LogP contribution in [0.25, 0.3) is 0 Å². The minimum absolute atomic E-state index is 0.0937. The number of nitrogens with zero attached hydrogens (tertiary/aromatic N) is 1. The van der Waals surface area contributed by atoms with Crippen LogP contribution in [0.2, 0.25) is 0 Å². The Morgan fingerprint density at radius 1 is 1.20 bits per heavy atom. The summed E-state index contributed by atoms with van der Waals surface area (Å²) in [7, 11) is 0. The van der Waals surface area contributed by atoms with Crippen molar-refractivity contribution in [1.82, 2.24) is 4.98 Å². The highest BCUT2D eigenvalue weighted by atomic mass is 35.5. The second kappa shape index (κ2) is 4.36. The number of allylic oxidation sites excluding steroid dienone is 1. The number of anilines is 1. The molecule has 1 aromatic carbocycles. The Morgan fingerprint density at radius 2 is 2.05 bits per heavy atom. The van der Waals surface area contributed by atoms with Crippen LogP contribution >= 0.6 is 23.4 Å². The lowest BCUT2D eigenvalue weighted by atomic mass is 9.91. The molecular formula is C15H9ClN2OS. The van der Waals surface area contributed by atoms with Crippen molar-refractivity contribution in [1.29, 1.82) is 0 Å². The summed E-state index contributed by atoms with van der Waals surface area (Å²) < 4.78 is 0. The predicted octanol–water partition coefficient (Wildman–Crippen LogP) is 3.99. The van der Waals surface area contributed by atoms with Gasteiger partial charge < -0.3 is 5.32 Å². The van der Waals surface area contributed by atoms with Gasteiger partial charge in [0.2, 0.25) is 5.78 Å².